The summed E-state index contributed by atoms with van der Waals surface area (Å²) in [5.41, 5.74) is 2.16. The zero-order valence-corrected chi connectivity index (χ0v) is 15.3. The van der Waals surface area contributed by atoms with E-state index in [-0.39, 0.29) is 5.91 Å². The molecule has 2 aromatic rings. The first kappa shape index (κ1) is 19.5. The van der Waals surface area contributed by atoms with Gasteiger partial charge in [-0.3, -0.25) is 4.79 Å². The molecular formula is C21H25NO4. The van der Waals surface area contributed by atoms with Crippen molar-refractivity contribution in [3.8, 4) is 11.5 Å². The molecule has 2 rings (SSSR count). The average molecular weight is 355 g/mol. The third-order valence-corrected chi connectivity index (χ3v) is 3.39. The summed E-state index contributed by atoms with van der Waals surface area (Å²) >= 11 is 0. The highest BCUT2D eigenvalue weighted by atomic mass is 16.5. The second-order valence-corrected chi connectivity index (χ2v) is 5.80. The van der Waals surface area contributed by atoms with E-state index in [9.17, 15) is 4.79 Å². The van der Waals surface area contributed by atoms with Crippen LogP contribution in [0.15, 0.2) is 60.7 Å². The molecule has 0 fully saturated rings. The normalized spacial score (nSPS) is 10.2. The fourth-order valence-electron chi connectivity index (χ4n) is 2.14. The summed E-state index contributed by atoms with van der Waals surface area (Å²) in [6, 6.07) is 14.3. The number of rotatable bonds is 10. The van der Waals surface area contributed by atoms with Crippen molar-refractivity contribution in [1.82, 2.24) is 0 Å². The van der Waals surface area contributed by atoms with Crippen molar-refractivity contribution in [2.45, 2.75) is 13.8 Å². The monoisotopic (exact) mass is 355 g/mol. The zero-order chi connectivity index (χ0) is 18.8. The standard InChI is InChI=1S/C21H25NO4/c1-4-24-12-13-25-19-10-8-17(9-11-19)21(23)22-18-6-5-7-20(14-18)26-15-16(2)3/h5-11,14H,2,4,12-13,15H2,1,3H3,(H,22,23). The molecular weight excluding hydrogens is 330 g/mol. The Morgan fingerprint density at radius 2 is 1.81 bits per heavy atom. The number of ether oxygens (including phenoxy) is 3. The molecule has 0 saturated heterocycles. The number of hydrogen-bond donors (Lipinski definition) is 1. The quantitative estimate of drug-likeness (QED) is 0.510. The number of carbonyl (C=O) groups excluding carboxylic acids is 1. The predicted octanol–water partition coefficient (Wildman–Crippen LogP) is 4.31. The van der Waals surface area contributed by atoms with Gasteiger partial charge in [0.2, 0.25) is 0 Å². The second kappa shape index (κ2) is 10.3. The molecule has 1 N–H and O–H groups in total. The fourth-order valence-corrected chi connectivity index (χ4v) is 2.14. The molecule has 1 amide bonds. The van der Waals surface area contributed by atoms with Crippen molar-refractivity contribution in [2.75, 3.05) is 31.7 Å². The predicted molar refractivity (Wildman–Crippen MR) is 103 cm³/mol. The molecule has 5 nitrogen and oxygen atoms in total. The maximum absolute atomic E-state index is 12.4. The van der Waals surface area contributed by atoms with Crippen molar-refractivity contribution in [2.24, 2.45) is 0 Å². The van der Waals surface area contributed by atoms with Gasteiger partial charge in [0.05, 0.1) is 6.61 Å². The highest BCUT2D eigenvalue weighted by Crippen LogP contribution is 2.19. The van der Waals surface area contributed by atoms with Crippen LogP contribution in [-0.2, 0) is 4.74 Å². The first-order chi connectivity index (χ1) is 12.6. The third-order valence-electron chi connectivity index (χ3n) is 3.39. The molecule has 26 heavy (non-hydrogen) atoms. The minimum absolute atomic E-state index is 0.192. The van der Waals surface area contributed by atoms with Gasteiger partial charge >= 0.3 is 0 Å². The van der Waals surface area contributed by atoms with Crippen LogP contribution in [0.2, 0.25) is 0 Å². The summed E-state index contributed by atoms with van der Waals surface area (Å²) in [5, 5.41) is 2.86. The third kappa shape index (κ3) is 6.61. The Kier molecular flexibility index (Phi) is 7.71. The number of hydrogen-bond acceptors (Lipinski definition) is 4. The molecule has 0 saturated carbocycles. The number of benzene rings is 2. The van der Waals surface area contributed by atoms with Crippen molar-refractivity contribution in [3.05, 3.63) is 66.2 Å². The summed E-state index contributed by atoms with van der Waals surface area (Å²) in [6.45, 7) is 9.78. The van der Waals surface area contributed by atoms with Gasteiger partial charge in [-0.15, -0.1) is 0 Å². The van der Waals surface area contributed by atoms with Crippen LogP contribution < -0.4 is 14.8 Å². The van der Waals surface area contributed by atoms with Crippen molar-refractivity contribution in [3.63, 3.8) is 0 Å². The van der Waals surface area contributed by atoms with E-state index in [0.717, 1.165) is 5.57 Å². The van der Waals surface area contributed by atoms with Gasteiger partial charge in [0.25, 0.3) is 5.91 Å². The summed E-state index contributed by atoms with van der Waals surface area (Å²) in [6.07, 6.45) is 0. The van der Waals surface area contributed by atoms with Gasteiger partial charge < -0.3 is 19.5 Å². The highest BCUT2D eigenvalue weighted by molar-refractivity contribution is 6.04. The van der Waals surface area contributed by atoms with Gasteiger partial charge in [0.15, 0.2) is 0 Å². The van der Waals surface area contributed by atoms with E-state index >= 15 is 0 Å². The molecule has 0 aliphatic rings. The molecule has 0 bridgehead atoms. The Morgan fingerprint density at radius 3 is 2.50 bits per heavy atom. The van der Waals surface area contributed by atoms with Gasteiger partial charge in [-0.2, -0.15) is 0 Å². The van der Waals surface area contributed by atoms with E-state index in [0.29, 0.717) is 49.2 Å². The lowest BCUT2D eigenvalue weighted by Gasteiger charge is -2.10. The van der Waals surface area contributed by atoms with Gasteiger partial charge in [0, 0.05) is 23.9 Å². The summed E-state index contributed by atoms with van der Waals surface area (Å²) < 4.78 is 16.4. The average Bonchev–Trinajstić information content (AvgIpc) is 2.64. The zero-order valence-electron chi connectivity index (χ0n) is 15.3. The minimum Gasteiger partial charge on any atom is -0.491 e. The molecule has 0 radical (unpaired) electrons. The Bertz CT molecular complexity index is 725. The van der Waals surface area contributed by atoms with Crippen LogP contribution in [0, 0.1) is 0 Å². The molecule has 0 aliphatic heterocycles. The first-order valence-corrected chi connectivity index (χ1v) is 8.57. The lowest BCUT2D eigenvalue weighted by molar-refractivity contribution is 0.102. The maximum atomic E-state index is 12.4. The summed E-state index contributed by atoms with van der Waals surface area (Å²) in [4.78, 5) is 12.4. The lowest BCUT2D eigenvalue weighted by Crippen LogP contribution is -2.12. The minimum atomic E-state index is -0.192. The Labute approximate surface area is 154 Å². The van der Waals surface area contributed by atoms with Crippen LogP contribution in [0.4, 0.5) is 5.69 Å². The van der Waals surface area contributed by atoms with E-state index in [4.69, 9.17) is 14.2 Å². The van der Waals surface area contributed by atoms with E-state index in [1.807, 2.05) is 32.0 Å². The van der Waals surface area contributed by atoms with Crippen LogP contribution in [-0.4, -0.2) is 32.3 Å². The summed E-state index contributed by atoms with van der Waals surface area (Å²) in [7, 11) is 0. The topological polar surface area (TPSA) is 56.8 Å². The number of anilines is 1. The van der Waals surface area contributed by atoms with Gasteiger partial charge in [-0.25, -0.2) is 0 Å². The molecule has 0 aromatic heterocycles. The van der Waals surface area contributed by atoms with E-state index in [2.05, 4.69) is 11.9 Å². The summed E-state index contributed by atoms with van der Waals surface area (Å²) in [5.74, 6) is 1.20. The Balaban J connectivity index is 1.91. The largest absolute Gasteiger partial charge is 0.491 e. The lowest BCUT2D eigenvalue weighted by atomic mass is 10.2. The molecule has 0 aliphatic carbocycles. The Hall–Kier alpha value is -2.79. The van der Waals surface area contributed by atoms with Crippen LogP contribution >= 0.6 is 0 Å². The van der Waals surface area contributed by atoms with E-state index < -0.39 is 0 Å². The van der Waals surface area contributed by atoms with Gasteiger partial charge in [0.1, 0.15) is 24.7 Å². The smallest absolute Gasteiger partial charge is 0.255 e. The van der Waals surface area contributed by atoms with Crippen LogP contribution in [0.3, 0.4) is 0 Å². The molecule has 5 heteroatoms. The fraction of sp³-hybridized carbons (Fsp3) is 0.286. The van der Waals surface area contributed by atoms with Gasteiger partial charge in [-0.1, -0.05) is 12.6 Å². The van der Waals surface area contributed by atoms with Crippen LogP contribution in [0.5, 0.6) is 11.5 Å². The van der Waals surface area contributed by atoms with Crippen LogP contribution in [0.1, 0.15) is 24.2 Å². The molecule has 0 unspecified atom stereocenters. The highest BCUT2D eigenvalue weighted by Gasteiger charge is 2.07. The molecule has 138 valence electrons. The molecule has 2 aromatic carbocycles. The van der Waals surface area contributed by atoms with Crippen molar-refractivity contribution in [1.29, 1.82) is 0 Å². The molecule has 0 spiro atoms. The Morgan fingerprint density at radius 1 is 1.04 bits per heavy atom. The van der Waals surface area contributed by atoms with E-state index in [1.165, 1.54) is 0 Å². The van der Waals surface area contributed by atoms with Crippen molar-refractivity contribution < 1.29 is 19.0 Å². The molecule has 0 atom stereocenters. The number of nitrogens with one attached hydrogen (secondary N) is 1. The van der Waals surface area contributed by atoms with Crippen molar-refractivity contribution >= 4 is 11.6 Å². The maximum Gasteiger partial charge on any atom is 0.255 e. The van der Waals surface area contributed by atoms with E-state index in [1.54, 1.807) is 30.3 Å². The SMILES string of the molecule is C=C(C)COc1cccc(NC(=O)c2ccc(OCCOCC)cc2)c1. The second-order valence-electron chi connectivity index (χ2n) is 5.80. The number of amides is 1. The van der Waals surface area contributed by atoms with Crippen LogP contribution in [0.25, 0.3) is 0 Å². The number of carbonyl (C=O) groups is 1. The molecule has 0 heterocycles. The first-order valence-electron chi connectivity index (χ1n) is 8.57. The van der Waals surface area contributed by atoms with Gasteiger partial charge in [-0.05, 0) is 55.8 Å².